The molecular formula is C9H21NO2. The van der Waals surface area contributed by atoms with Crippen LogP contribution in [0.25, 0.3) is 0 Å². The van der Waals surface area contributed by atoms with Gasteiger partial charge in [-0.25, -0.2) is 0 Å². The fourth-order valence-electron chi connectivity index (χ4n) is 1.01. The minimum atomic E-state index is -0.214. The molecule has 2 atom stereocenters. The smallest absolute Gasteiger partial charge is 0.0664 e. The van der Waals surface area contributed by atoms with E-state index in [0.717, 1.165) is 13.0 Å². The molecule has 0 amide bonds. The van der Waals surface area contributed by atoms with E-state index in [-0.39, 0.29) is 6.10 Å². The van der Waals surface area contributed by atoms with E-state index in [1.807, 2.05) is 14.0 Å². The van der Waals surface area contributed by atoms with Crippen molar-refractivity contribution in [2.24, 2.45) is 0 Å². The number of aliphatic hydroxyl groups excluding tert-OH is 1. The van der Waals surface area contributed by atoms with E-state index in [9.17, 15) is 5.11 Å². The van der Waals surface area contributed by atoms with Crippen molar-refractivity contribution < 1.29 is 9.84 Å². The number of likely N-dealkylation sites (N-methyl/N-ethyl adjacent to an activating group) is 1. The largest absolute Gasteiger partial charge is 0.392 e. The maximum absolute atomic E-state index is 9.36. The van der Waals surface area contributed by atoms with Crippen molar-refractivity contribution in [2.45, 2.75) is 32.4 Å². The highest BCUT2D eigenvalue weighted by Crippen LogP contribution is 1.99. The third-order valence-electron chi connectivity index (χ3n) is 2.13. The first kappa shape index (κ1) is 11.9. The molecule has 0 fully saturated rings. The Bertz CT molecular complexity index is 109. The zero-order chi connectivity index (χ0) is 9.56. The number of hydrogen-bond donors (Lipinski definition) is 1. The van der Waals surface area contributed by atoms with Gasteiger partial charge < -0.3 is 9.84 Å². The van der Waals surface area contributed by atoms with E-state index in [1.54, 1.807) is 7.11 Å². The van der Waals surface area contributed by atoms with Crippen LogP contribution in [-0.4, -0.2) is 49.5 Å². The molecule has 3 nitrogen and oxygen atoms in total. The van der Waals surface area contributed by atoms with E-state index in [0.29, 0.717) is 12.6 Å². The van der Waals surface area contributed by atoms with Crippen molar-refractivity contribution in [1.29, 1.82) is 0 Å². The van der Waals surface area contributed by atoms with E-state index >= 15 is 0 Å². The molecule has 0 aromatic heterocycles. The van der Waals surface area contributed by atoms with Crippen LogP contribution in [-0.2, 0) is 4.74 Å². The molecule has 0 aliphatic carbocycles. The van der Waals surface area contributed by atoms with Gasteiger partial charge in [-0.15, -0.1) is 0 Å². The summed E-state index contributed by atoms with van der Waals surface area (Å²) >= 11 is 0. The van der Waals surface area contributed by atoms with Gasteiger partial charge in [0.15, 0.2) is 0 Å². The second-order valence-electron chi connectivity index (χ2n) is 3.31. The summed E-state index contributed by atoms with van der Waals surface area (Å²) in [6, 6.07) is 0.371. The Morgan fingerprint density at radius 2 is 2.08 bits per heavy atom. The zero-order valence-corrected chi connectivity index (χ0v) is 8.58. The van der Waals surface area contributed by atoms with Gasteiger partial charge in [-0.3, -0.25) is 4.90 Å². The molecule has 0 rings (SSSR count). The maximum atomic E-state index is 9.36. The van der Waals surface area contributed by atoms with Gasteiger partial charge in [0.1, 0.15) is 0 Å². The predicted molar refractivity (Wildman–Crippen MR) is 50.3 cm³/mol. The standard InChI is InChI=1S/C9H21NO2/c1-5-9(11)6-10(3)8(2)7-12-4/h8-9,11H,5-7H2,1-4H3. The van der Waals surface area contributed by atoms with E-state index < -0.39 is 0 Å². The van der Waals surface area contributed by atoms with Gasteiger partial charge in [0.05, 0.1) is 12.7 Å². The second kappa shape index (κ2) is 6.40. The van der Waals surface area contributed by atoms with Crippen LogP contribution < -0.4 is 0 Å². The minimum Gasteiger partial charge on any atom is -0.392 e. The zero-order valence-electron chi connectivity index (χ0n) is 8.58. The lowest BCUT2D eigenvalue weighted by Gasteiger charge is -2.25. The predicted octanol–water partition coefficient (Wildman–Crippen LogP) is 0.724. The van der Waals surface area contributed by atoms with E-state index in [2.05, 4.69) is 11.8 Å². The monoisotopic (exact) mass is 175 g/mol. The Morgan fingerprint density at radius 1 is 1.50 bits per heavy atom. The number of ether oxygens (including phenoxy) is 1. The van der Waals surface area contributed by atoms with Crippen molar-refractivity contribution >= 4 is 0 Å². The minimum absolute atomic E-state index is 0.214. The van der Waals surface area contributed by atoms with Gasteiger partial charge in [0, 0.05) is 19.7 Å². The van der Waals surface area contributed by atoms with Gasteiger partial charge in [0.2, 0.25) is 0 Å². The molecule has 0 radical (unpaired) electrons. The van der Waals surface area contributed by atoms with Gasteiger partial charge in [-0.2, -0.15) is 0 Å². The van der Waals surface area contributed by atoms with E-state index in [1.165, 1.54) is 0 Å². The van der Waals surface area contributed by atoms with Crippen LogP contribution in [0.3, 0.4) is 0 Å². The quantitative estimate of drug-likeness (QED) is 0.646. The van der Waals surface area contributed by atoms with Crippen molar-refractivity contribution in [2.75, 3.05) is 27.3 Å². The van der Waals surface area contributed by atoms with Crippen molar-refractivity contribution in [3.63, 3.8) is 0 Å². The summed E-state index contributed by atoms with van der Waals surface area (Å²) in [7, 11) is 3.70. The number of nitrogens with zero attached hydrogens (tertiary/aromatic N) is 1. The summed E-state index contributed by atoms with van der Waals surface area (Å²) in [5.74, 6) is 0. The lowest BCUT2D eigenvalue weighted by molar-refractivity contribution is 0.0696. The molecule has 0 heterocycles. The molecule has 1 N–H and O–H groups in total. The number of aliphatic hydroxyl groups is 1. The third kappa shape index (κ3) is 4.70. The van der Waals surface area contributed by atoms with Crippen LogP contribution in [0.4, 0.5) is 0 Å². The van der Waals surface area contributed by atoms with Crippen LogP contribution in [0.15, 0.2) is 0 Å². The van der Waals surface area contributed by atoms with Crippen LogP contribution >= 0.6 is 0 Å². The molecule has 0 saturated carbocycles. The van der Waals surface area contributed by atoms with Gasteiger partial charge in [-0.1, -0.05) is 6.92 Å². The summed E-state index contributed by atoms with van der Waals surface area (Å²) in [4.78, 5) is 2.11. The Morgan fingerprint density at radius 3 is 2.50 bits per heavy atom. The molecular weight excluding hydrogens is 154 g/mol. The van der Waals surface area contributed by atoms with Crippen LogP contribution in [0.2, 0.25) is 0 Å². The molecule has 74 valence electrons. The number of hydrogen-bond acceptors (Lipinski definition) is 3. The van der Waals surface area contributed by atoms with Crippen molar-refractivity contribution in [3.05, 3.63) is 0 Å². The summed E-state index contributed by atoms with van der Waals surface area (Å²) in [6.07, 6.45) is 0.596. The van der Waals surface area contributed by atoms with Gasteiger partial charge >= 0.3 is 0 Å². The second-order valence-corrected chi connectivity index (χ2v) is 3.31. The average molecular weight is 175 g/mol. The molecule has 12 heavy (non-hydrogen) atoms. The fraction of sp³-hybridized carbons (Fsp3) is 1.00. The normalized spacial score (nSPS) is 16.5. The third-order valence-corrected chi connectivity index (χ3v) is 2.13. The molecule has 0 aliphatic rings. The highest BCUT2D eigenvalue weighted by Gasteiger charge is 2.11. The summed E-state index contributed by atoms with van der Waals surface area (Å²) in [5, 5.41) is 9.36. The number of methoxy groups -OCH3 is 1. The van der Waals surface area contributed by atoms with Gasteiger partial charge in [-0.05, 0) is 20.4 Å². The molecule has 0 saturated heterocycles. The Kier molecular flexibility index (Phi) is 6.34. The molecule has 0 spiro atoms. The highest BCUT2D eigenvalue weighted by atomic mass is 16.5. The molecule has 0 aliphatic heterocycles. The van der Waals surface area contributed by atoms with Crippen molar-refractivity contribution in [1.82, 2.24) is 4.90 Å². The van der Waals surface area contributed by atoms with E-state index in [4.69, 9.17) is 4.74 Å². The topological polar surface area (TPSA) is 32.7 Å². The fourth-order valence-corrected chi connectivity index (χ4v) is 1.01. The maximum Gasteiger partial charge on any atom is 0.0664 e. The Labute approximate surface area is 75.3 Å². The SMILES string of the molecule is CCC(O)CN(C)C(C)COC. The van der Waals surface area contributed by atoms with Crippen LogP contribution in [0.1, 0.15) is 20.3 Å². The van der Waals surface area contributed by atoms with Crippen molar-refractivity contribution in [3.8, 4) is 0 Å². The highest BCUT2D eigenvalue weighted by molar-refractivity contribution is 4.65. The lowest BCUT2D eigenvalue weighted by atomic mass is 10.2. The average Bonchev–Trinajstić information content (AvgIpc) is 2.04. The molecule has 0 aromatic rings. The Hall–Kier alpha value is -0.120. The lowest BCUT2D eigenvalue weighted by Crippen LogP contribution is -2.38. The first-order valence-corrected chi connectivity index (χ1v) is 4.49. The molecule has 0 bridgehead atoms. The number of rotatable bonds is 6. The summed E-state index contributed by atoms with van der Waals surface area (Å²) in [5.41, 5.74) is 0. The molecule has 3 heteroatoms. The van der Waals surface area contributed by atoms with Crippen LogP contribution in [0.5, 0.6) is 0 Å². The van der Waals surface area contributed by atoms with Crippen LogP contribution in [0, 0.1) is 0 Å². The first-order chi connectivity index (χ1) is 5.61. The summed E-state index contributed by atoms with van der Waals surface area (Å²) in [6.45, 7) is 5.51. The molecule has 0 aromatic carbocycles. The molecule has 2 unspecified atom stereocenters. The Balaban J connectivity index is 3.62. The summed E-state index contributed by atoms with van der Waals surface area (Å²) < 4.78 is 5.02. The first-order valence-electron chi connectivity index (χ1n) is 4.49. The van der Waals surface area contributed by atoms with Gasteiger partial charge in [0.25, 0.3) is 0 Å².